The number of aromatic nitrogens is 1. The monoisotopic (exact) mass is 924 g/mol. The number of ether oxygens (including phenoxy) is 1. The first-order valence-electron chi connectivity index (χ1n) is 21.2. The van der Waals surface area contributed by atoms with E-state index in [1.54, 1.807) is 52.3 Å². The number of phenolic OH excluding ortho intramolecular Hbond substituents is 1. The number of nitrogens with one attached hydrogen (secondary N) is 4. The van der Waals surface area contributed by atoms with Crippen LogP contribution in [0.4, 0.5) is 0 Å². The van der Waals surface area contributed by atoms with Crippen molar-refractivity contribution in [3.8, 4) is 5.75 Å². The highest BCUT2D eigenvalue weighted by molar-refractivity contribution is 8.76. The standard InChI is InChI=1S/C42H68N8O9S3/c1-7-10-37(53)58-26-50(42(57)38(44)28(5)8-2)35(27(3)4)16-17-36-47-34(25-60-36)41(56)46-31(24-30-12-14-32(52)15-13-30)23-29(6)39(54)48-49-59-20-22-62-61-21-18-45-40(55)33(43)11-9-19-51/h12-15,19,25,27-29,31,33,35,38,49,52H,7-11,16-18,20-24,26,43-44H2,1-6H3,(H,45,55)(H,46,56)(H,48,54)/t28?,29-,31+,33-,35+,38-/m0/s1. The Morgan fingerprint density at radius 1 is 1.00 bits per heavy atom. The summed E-state index contributed by atoms with van der Waals surface area (Å²) in [7, 11) is 3.08. The van der Waals surface area contributed by atoms with Crippen molar-refractivity contribution in [3.05, 3.63) is 45.9 Å². The molecule has 4 amide bonds. The summed E-state index contributed by atoms with van der Waals surface area (Å²) in [6, 6.07) is 4.42. The van der Waals surface area contributed by atoms with Crippen LogP contribution in [0, 0.1) is 17.8 Å². The van der Waals surface area contributed by atoms with Gasteiger partial charge in [-0.15, -0.1) is 16.9 Å². The highest BCUT2D eigenvalue weighted by Gasteiger charge is 2.33. The lowest BCUT2D eigenvalue weighted by molar-refractivity contribution is -0.157. The molecule has 1 aromatic carbocycles. The second kappa shape index (κ2) is 30.3. The zero-order valence-corrected chi connectivity index (χ0v) is 39.3. The summed E-state index contributed by atoms with van der Waals surface area (Å²) < 4.78 is 5.52. The molecule has 62 heavy (non-hydrogen) atoms. The fraction of sp³-hybridized carbons (Fsp3) is 0.643. The summed E-state index contributed by atoms with van der Waals surface area (Å²) in [4.78, 5) is 86.6. The van der Waals surface area contributed by atoms with Gasteiger partial charge in [-0.25, -0.2) is 4.98 Å². The SMILES string of the molecule is CCCC(=O)OCN(C(=O)[C@@H](N)C(C)CC)[C@H](CCc1nc(C(=O)N[C@@H](Cc2ccc(O)cc2)C[C@H](C)C(=O)NNOCCSSCCNC(=O)[C@@H](N)CCC=O)cs1)C(C)C. The summed E-state index contributed by atoms with van der Waals surface area (Å²) in [6.07, 6.45) is 4.53. The van der Waals surface area contributed by atoms with E-state index >= 15 is 0 Å². The maximum Gasteiger partial charge on any atom is 0.307 e. The third kappa shape index (κ3) is 20.6. The number of nitrogens with two attached hydrogens (primary N) is 2. The Kier molecular flexibility index (Phi) is 26.6. The molecule has 20 heteroatoms. The quantitative estimate of drug-likeness (QED) is 0.0137. The zero-order chi connectivity index (χ0) is 46.0. The lowest BCUT2D eigenvalue weighted by atomic mass is 9.94. The number of thiazole rings is 1. The molecular weight excluding hydrogens is 857 g/mol. The van der Waals surface area contributed by atoms with Crippen LogP contribution in [0.2, 0.25) is 0 Å². The van der Waals surface area contributed by atoms with E-state index in [0.29, 0.717) is 61.8 Å². The maximum absolute atomic E-state index is 13.7. The second-order valence-corrected chi connectivity index (χ2v) is 19.1. The third-order valence-corrected chi connectivity index (χ3v) is 13.4. The average Bonchev–Trinajstić information content (AvgIpc) is 3.73. The zero-order valence-electron chi connectivity index (χ0n) is 36.9. The third-order valence-electron chi connectivity index (χ3n) is 10.1. The molecule has 1 aromatic heterocycles. The summed E-state index contributed by atoms with van der Waals surface area (Å²) >= 11 is 1.34. The van der Waals surface area contributed by atoms with Crippen LogP contribution in [0.3, 0.4) is 0 Å². The summed E-state index contributed by atoms with van der Waals surface area (Å²) in [5, 5.41) is 18.0. The number of amides is 4. The molecule has 1 heterocycles. The number of phenols is 1. The van der Waals surface area contributed by atoms with Gasteiger partial charge in [0, 0.05) is 60.7 Å². The smallest absolute Gasteiger partial charge is 0.307 e. The predicted octanol–water partition coefficient (Wildman–Crippen LogP) is 4.03. The molecular formula is C42H68N8O9S3. The number of esters is 1. The van der Waals surface area contributed by atoms with E-state index in [1.807, 2.05) is 34.6 Å². The normalized spacial score (nSPS) is 14.2. The molecule has 0 radical (unpaired) electrons. The van der Waals surface area contributed by atoms with Crippen LogP contribution in [0.1, 0.15) is 108 Å². The van der Waals surface area contributed by atoms with Gasteiger partial charge >= 0.3 is 5.97 Å². The van der Waals surface area contributed by atoms with Crippen LogP contribution >= 0.6 is 32.9 Å². The molecule has 0 aliphatic carbocycles. The Morgan fingerprint density at radius 3 is 2.37 bits per heavy atom. The molecule has 348 valence electrons. The Bertz CT molecular complexity index is 1670. The van der Waals surface area contributed by atoms with Crippen LogP contribution in [0.5, 0.6) is 5.75 Å². The van der Waals surface area contributed by atoms with Gasteiger partial charge in [0.25, 0.3) is 5.91 Å². The first kappa shape index (κ1) is 54.3. The van der Waals surface area contributed by atoms with Crippen molar-refractivity contribution < 1.29 is 43.4 Å². The van der Waals surface area contributed by atoms with Crippen molar-refractivity contribution >= 4 is 68.8 Å². The fourth-order valence-corrected chi connectivity index (χ4v) is 8.69. The van der Waals surface area contributed by atoms with Crippen LogP contribution in [-0.4, -0.2) is 106 Å². The first-order chi connectivity index (χ1) is 29.6. The van der Waals surface area contributed by atoms with Crippen LogP contribution in [0.15, 0.2) is 29.6 Å². The summed E-state index contributed by atoms with van der Waals surface area (Å²) in [5.74, 6) is -0.911. The molecule has 17 nitrogen and oxygen atoms in total. The van der Waals surface area contributed by atoms with Crippen molar-refractivity contribution in [2.75, 3.05) is 31.4 Å². The number of aromatic hydroxyl groups is 1. The van der Waals surface area contributed by atoms with Gasteiger partial charge in [-0.05, 0) is 61.6 Å². The van der Waals surface area contributed by atoms with Gasteiger partial charge in [-0.3, -0.25) is 34.2 Å². The van der Waals surface area contributed by atoms with Crippen LogP contribution in [0.25, 0.3) is 0 Å². The number of hydrogen-bond donors (Lipinski definition) is 7. The van der Waals surface area contributed by atoms with Crippen LogP contribution in [-0.2, 0) is 46.4 Å². The Morgan fingerprint density at radius 2 is 1.71 bits per heavy atom. The van der Waals surface area contributed by atoms with Crippen molar-refractivity contribution in [3.63, 3.8) is 0 Å². The molecule has 6 atom stereocenters. The number of nitrogens with zero attached hydrogens (tertiary/aromatic N) is 2. The number of aryl methyl sites for hydroxylation is 1. The molecule has 0 aliphatic heterocycles. The van der Waals surface area contributed by atoms with E-state index in [9.17, 15) is 33.9 Å². The van der Waals surface area contributed by atoms with Gasteiger partial charge in [0.1, 0.15) is 17.7 Å². The molecule has 2 rings (SSSR count). The average molecular weight is 925 g/mol. The van der Waals surface area contributed by atoms with Crippen molar-refractivity contribution in [1.29, 1.82) is 0 Å². The number of rotatable bonds is 32. The van der Waals surface area contributed by atoms with Gasteiger partial charge in [0.15, 0.2) is 6.73 Å². The van der Waals surface area contributed by atoms with Gasteiger partial charge in [-0.1, -0.05) is 81.7 Å². The summed E-state index contributed by atoms with van der Waals surface area (Å²) in [6.45, 7) is 12.1. The van der Waals surface area contributed by atoms with Crippen molar-refractivity contribution in [2.45, 2.75) is 123 Å². The largest absolute Gasteiger partial charge is 0.508 e. The van der Waals surface area contributed by atoms with E-state index in [-0.39, 0.29) is 79.0 Å². The van der Waals surface area contributed by atoms with Gasteiger partial charge in [0.05, 0.1) is 23.7 Å². The molecule has 0 spiro atoms. The molecule has 0 saturated heterocycles. The molecule has 2 aromatic rings. The van der Waals surface area contributed by atoms with Crippen molar-refractivity contribution in [1.82, 2.24) is 31.5 Å². The van der Waals surface area contributed by atoms with Crippen molar-refractivity contribution in [2.24, 2.45) is 29.2 Å². The van der Waals surface area contributed by atoms with Gasteiger partial charge in [0.2, 0.25) is 17.7 Å². The fourth-order valence-electron chi connectivity index (χ4n) is 6.16. The lowest BCUT2D eigenvalue weighted by Gasteiger charge is -2.36. The first-order valence-corrected chi connectivity index (χ1v) is 24.6. The van der Waals surface area contributed by atoms with E-state index < -0.39 is 30.0 Å². The maximum atomic E-state index is 13.7. The predicted molar refractivity (Wildman–Crippen MR) is 244 cm³/mol. The summed E-state index contributed by atoms with van der Waals surface area (Å²) in [5.41, 5.74) is 18.2. The molecule has 0 aliphatic rings. The number of hydrazine groups is 1. The van der Waals surface area contributed by atoms with Gasteiger partial charge in [-0.2, -0.15) is 0 Å². The lowest BCUT2D eigenvalue weighted by Crippen LogP contribution is -2.53. The highest BCUT2D eigenvalue weighted by atomic mass is 33.1. The Balaban J connectivity index is 1.97. The molecule has 0 bridgehead atoms. The molecule has 1 unspecified atom stereocenters. The number of hydrogen-bond acceptors (Lipinski definition) is 16. The number of carbonyl (C=O) groups excluding carboxylic acids is 6. The second-order valence-electron chi connectivity index (χ2n) is 15.5. The number of aldehydes is 1. The Hall–Kier alpha value is -3.79. The van der Waals surface area contributed by atoms with E-state index in [2.05, 4.69) is 26.6 Å². The molecule has 0 fully saturated rings. The molecule has 9 N–H and O–H groups in total. The van der Waals surface area contributed by atoms with E-state index in [4.69, 9.17) is 21.0 Å². The topological polar surface area (TPSA) is 257 Å². The highest BCUT2D eigenvalue weighted by Crippen LogP contribution is 2.23. The van der Waals surface area contributed by atoms with E-state index in [0.717, 1.165) is 18.3 Å². The minimum atomic E-state index is -0.748. The number of benzene rings is 1. The minimum absolute atomic E-state index is 0.00606. The van der Waals surface area contributed by atoms with E-state index in [1.165, 1.54) is 22.1 Å². The Labute approximate surface area is 378 Å². The van der Waals surface area contributed by atoms with Crippen LogP contribution < -0.4 is 33.1 Å². The molecule has 0 saturated carbocycles. The van der Waals surface area contributed by atoms with Gasteiger partial charge < -0.3 is 41.6 Å². The number of carbonyl (C=O) groups is 6. The minimum Gasteiger partial charge on any atom is -0.508 e.